The van der Waals surface area contributed by atoms with Crippen LogP contribution in [0.5, 0.6) is 0 Å². The lowest BCUT2D eigenvalue weighted by molar-refractivity contribution is 0.0683. The molecule has 0 saturated carbocycles. The van der Waals surface area contributed by atoms with Gasteiger partial charge < -0.3 is 9.26 Å². The number of hydrogen-bond acceptors (Lipinski definition) is 7. The van der Waals surface area contributed by atoms with Crippen LogP contribution in [-0.4, -0.2) is 21.7 Å². The topological polar surface area (TPSA) is 73.1 Å². The van der Waals surface area contributed by atoms with Gasteiger partial charge in [-0.05, 0) is 41.5 Å². The number of thiazole rings is 1. The summed E-state index contributed by atoms with van der Waals surface area (Å²) in [6, 6.07) is 0. The number of hydrogen-bond donors (Lipinski definition) is 1. The lowest BCUT2D eigenvalue weighted by Crippen LogP contribution is -2.36. The van der Waals surface area contributed by atoms with E-state index in [-0.39, 0.29) is 11.6 Å². The van der Waals surface area contributed by atoms with E-state index in [0.29, 0.717) is 24.9 Å². The summed E-state index contributed by atoms with van der Waals surface area (Å²) < 4.78 is 10.7. The maximum absolute atomic E-state index is 5.46. The molecule has 0 saturated heterocycles. The van der Waals surface area contributed by atoms with Crippen molar-refractivity contribution in [3.8, 4) is 0 Å². The Balaban J connectivity index is 2.00. The van der Waals surface area contributed by atoms with Crippen LogP contribution < -0.4 is 5.32 Å². The van der Waals surface area contributed by atoms with Crippen molar-refractivity contribution in [3.05, 3.63) is 27.3 Å². The molecular formula is C15H24N4O2S. The predicted octanol–water partition coefficient (Wildman–Crippen LogP) is 3.27. The first kappa shape index (κ1) is 17.1. The molecule has 7 heteroatoms. The Bertz CT molecular complexity index is 601. The first-order chi connectivity index (χ1) is 10.3. The van der Waals surface area contributed by atoms with Crippen LogP contribution in [0.1, 0.15) is 61.1 Å². The third kappa shape index (κ3) is 3.91. The molecule has 0 aliphatic rings. The van der Waals surface area contributed by atoms with Crippen LogP contribution in [0.3, 0.4) is 0 Å². The molecule has 122 valence electrons. The molecular weight excluding hydrogens is 300 g/mol. The highest BCUT2D eigenvalue weighted by atomic mass is 32.1. The zero-order valence-corrected chi connectivity index (χ0v) is 14.9. The van der Waals surface area contributed by atoms with Gasteiger partial charge in [0.2, 0.25) is 5.89 Å². The number of ether oxygens (including phenoxy) is 1. The van der Waals surface area contributed by atoms with Gasteiger partial charge >= 0.3 is 0 Å². The van der Waals surface area contributed by atoms with Gasteiger partial charge in [0.25, 0.3) is 0 Å². The maximum Gasteiger partial charge on any atom is 0.240 e. The van der Waals surface area contributed by atoms with Crippen molar-refractivity contribution in [1.82, 2.24) is 20.4 Å². The Morgan fingerprint density at radius 3 is 2.64 bits per heavy atom. The van der Waals surface area contributed by atoms with Gasteiger partial charge in [0.1, 0.15) is 11.1 Å². The van der Waals surface area contributed by atoms with E-state index < -0.39 is 0 Å². The van der Waals surface area contributed by atoms with Gasteiger partial charge in [0.15, 0.2) is 5.82 Å². The molecule has 2 aromatic rings. The highest BCUT2D eigenvalue weighted by Crippen LogP contribution is 2.27. The van der Waals surface area contributed by atoms with Crippen molar-refractivity contribution in [2.24, 2.45) is 0 Å². The van der Waals surface area contributed by atoms with Crippen molar-refractivity contribution in [1.29, 1.82) is 0 Å². The van der Waals surface area contributed by atoms with Gasteiger partial charge in [-0.1, -0.05) is 5.16 Å². The van der Waals surface area contributed by atoms with Crippen molar-refractivity contribution < 1.29 is 9.26 Å². The van der Waals surface area contributed by atoms with Crippen LogP contribution in [0.4, 0.5) is 0 Å². The standard InChI is InChI=1S/C15H24N4O2S/c1-7-20-10(3)13-18-12(21-19-13)8-16-15(5,6)14-17-9(2)11(4)22-14/h10,16H,7-8H2,1-6H3/t10-/m0/s1. The van der Waals surface area contributed by atoms with Crippen LogP contribution in [0.25, 0.3) is 0 Å². The molecule has 2 aromatic heterocycles. The van der Waals surface area contributed by atoms with Crippen LogP contribution >= 0.6 is 11.3 Å². The Morgan fingerprint density at radius 2 is 2.05 bits per heavy atom. The van der Waals surface area contributed by atoms with Crippen molar-refractivity contribution >= 4 is 11.3 Å². The molecule has 0 aromatic carbocycles. The number of nitrogens with zero attached hydrogens (tertiary/aromatic N) is 3. The molecule has 22 heavy (non-hydrogen) atoms. The molecule has 0 spiro atoms. The summed E-state index contributed by atoms with van der Waals surface area (Å²) in [6.45, 7) is 13.3. The van der Waals surface area contributed by atoms with Gasteiger partial charge in [-0.3, -0.25) is 5.32 Å². The van der Waals surface area contributed by atoms with Crippen molar-refractivity contribution in [2.75, 3.05) is 6.61 Å². The van der Waals surface area contributed by atoms with E-state index in [0.717, 1.165) is 10.7 Å². The largest absolute Gasteiger partial charge is 0.371 e. The minimum Gasteiger partial charge on any atom is -0.371 e. The van der Waals surface area contributed by atoms with E-state index >= 15 is 0 Å². The molecule has 0 radical (unpaired) electrons. The van der Waals surface area contributed by atoms with Crippen LogP contribution in [0.2, 0.25) is 0 Å². The average Bonchev–Trinajstić information content (AvgIpc) is 3.05. The molecule has 1 N–H and O–H groups in total. The third-order valence-electron chi connectivity index (χ3n) is 3.51. The molecule has 2 rings (SSSR count). The number of aryl methyl sites for hydroxylation is 2. The highest BCUT2D eigenvalue weighted by molar-refractivity contribution is 7.11. The van der Waals surface area contributed by atoms with Gasteiger partial charge in [-0.15, -0.1) is 11.3 Å². The van der Waals surface area contributed by atoms with Gasteiger partial charge in [0.05, 0.1) is 17.8 Å². The van der Waals surface area contributed by atoms with E-state index in [4.69, 9.17) is 9.26 Å². The summed E-state index contributed by atoms with van der Waals surface area (Å²) in [4.78, 5) is 10.2. The molecule has 1 atom stereocenters. The Labute approximate surface area is 135 Å². The average molecular weight is 324 g/mol. The van der Waals surface area contributed by atoms with Crippen molar-refractivity contribution in [2.45, 2.75) is 59.7 Å². The van der Waals surface area contributed by atoms with Crippen molar-refractivity contribution in [3.63, 3.8) is 0 Å². The van der Waals surface area contributed by atoms with E-state index in [1.807, 2.05) is 20.8 Å². The monoisotopic (exact) mass is 324 g/mol. The maximum atomic E-state index is 5.46. The fourth-order valence-corrected chi connectivity index (χ4v) is 2.94. The zero-order chi connectivity index (χ0) is 16.3. The Hall–Kier alpha value is -1.31. The Kier molecular flexibility index (Phi) is 5.31. The SMILES string of the molecule is CCO[C@@H](C)c1noc(CNC(C)(C)c2nc(C)c(C)s2)n1. The first-order valence-corrected chi connectivity index (χ1v) is 8.28. The summed E-state index contributed by atoms with van der Waals surface area (Å²) in [6.07, 6.45) is -0.153. The summed E-state index contributed by atoms with van der Waals surface area (Å²) >= 11 is 1.71. The van der Waals surface area contributed by atoms with Gasteiger partial charge in [-0.2, -0.15) is 4.98 Å². The minimum atomic E-state index is -0.246. The summed E-state index contributed by atoms with van der Waals surface area (Å²) in [5.41, 5.74) is 0.838. The fraction of sp³-hybridized carbons (Fsp3) is 0.667. The molecule has 0 aliphatic heterocycles. The van der Waals surface area contributed by atoms with E-state index in [1.165, 1.54) is 4.88 Å². The lowest BCUT2D eigenvalue weighted by atomic mass is 10.1. The summed E-state index contributed by atoms with van der Waals surface area (Å²) in [5.74, 6) is 1.14. The zero-order valence-electron chi connectivity index (χ0n) is 14.1. The fourth-order valence-electron chi connectivity index (χ4n) is 1.94. The summed E-state index contributed by atoms with van der Waals surface area (Å²) in [7, 11) is 0. The van der Waals surface area contributed by atoms with Crippen LogP contribution in [-0.2, 0) is 16.8 Å². The molecule has 6 nitrogen and oxygen atoms in total. The van der Waals surface area contributed by atoms with E-state index in [9.17, 15) is 0 Å². The second kappa shape index (κ2) is 6.85. The molecule has 0 aliphatic carbocycles. The predicted molar refractivity (Wildman–Crippen MR) is 85.8 cm³/mol. The number of nitrogens with one attached hydrogen (secondary N) is 1. The molecule has 0 bridgehead atoms. The number of aromatic nitrogens is 3. The minimum absolute atomic E-state index is 0.153. The molecule has 0 unspecified atom stereocenters. The molecule has 0 fully saturated rings. The third-order valence-corrected chi connectivity index (χ3v) is 4.91. The highest BCUT2D eigenvalue weighted by Gasteiger charge is 2.25. The van der Waals surface area contributed by atoms with E-state index in [1.54, 1.807) is 11.3 Å². The van der Waals surface area contributed by atoms with E-state index in [2.05, 4.69) is 41.2 Å². The molecule has 0 amide bonds. The normalized spacial score (nSPS) is 13.5. The second-order valence-electron chi connectivity index (χ2n) is 5.78. The first-order valence-electron chi connectivity index (χ1n) is 7.47. The van der Waals surface area contributed by atoms with Crippen LogP contribution in [0.15, 0.2) is 4.52 Å². The summed E-state index contributed by atoms with van der Waals surface area (Å²) in [5, 5.41) is 8.45. The second-order valence-corrected chi connectivity index (χ2v) is 6.99. The van der Waals surface area contributed by atoms with Gasteiger partial charge in [0, 0.05) is 11.5 Å². The molecule has 2 heterocycles. The lowest BCUT2D eigenvalue weighted by Gasteiger charge is -2.22. The van der Waals surface area contributed by atoms with Crippen LogP contribution in [0, 0.1) is 13.8 Å². The Morgan fingerprint density at radius 1 is 1.32 bits per heavy atom. The van der Waals surface area contributed by atoms with Gasteiger partial charge in [-0.25, -0.2) is 4.98 Å². The smallest absolute Gasteiger partial charge is 0.240 e. The quantitative estimate of drug-likeness (QED) is 0.842. The number of rotatable bonds is 7.